The third kappa shape index (κ3) is 5.89. The van der Waals surface area contributed by atoms with Gasteiger partial charge < -0.3 is 15.4 Å². The van der Waals surface area contributed by atoms with E-state index in [1.165, 1.54) is 0 Å². The molecule has 6 heteroatoms. The first-order valence-corrected chi connectivity index (χ1v) is 7.79. The second-order valence-electron chi connectivity index (χ2n) is 5.47. The number of amides is 2. The van der Waals surface area contributed by atoms with Gasteiger partial charge in [-0.2, -0.15) is 10.5 Å². The van der Waals surface area contributed by atoms with Crippen molar-refractivity contribution in [3.63, 3.8) is 0 Å². The van der Waals surface area contributed by atoms with Crippen LogP contribution in [0.5, 0.6) is 11.5 Å². The van der Waals surface area contributed by atoms with Gasteiger partial charge in [-0.3, -0.25) is 0 Å². The van der Waals surface area contributed by atoms with Gasteiger partial charge in [0.1, 0.15) is 11.5 Å². The van der Waals surface area contributed by atoms with E-state index in [1.807, 2.05) is 24.3 Å². The third-order valence-electron chi connectivity index (χ3n) is 3.34. The molecule has 0 aromatic heterocycles. The lowest BCUT2D eigenvalue weighted by Crippen LogP contribution is -2.31. The molecule has 2 aromatic carbocycles. The zero-order valence-corrected chi connectivity index (χ0v) is 13.8. The van der Waals surface area contributed by atoms with E-state index in [2.05, 4.69) is 22.8 Å². The molecule has 1 atom stereocenters. The predicted octanol–water partition coefficient (Wildman–Crippen LogP) is 3.83. The number of nitriles is 2. The number of carbonyl (C=O) groups excluding carboxylic acids is 1. The average Bonchev–Trinajstić information content (AvgIpc) is 2.63. The number of hydrogen-bond acceptors (Lipinski definition) is 4. The van der Waals surface area contributed by atoms with E-state index in [4.69, 9.17) is 15.3 Å². The Labute approximate surface area is 146 Å². The van der Waals surface area contributed by atoms with Gasteiger partial charge in [0.2, 0.25) is 0 Å². The maximum Gasteiger partial charge on any atom is 0.319 e. The lowest BCUT2D eigenvalue weighted by molar-refractivity contribution is 0.251. The molecule has 0 radical (unpaired) electrons. The second kappa shape index (κ2) is 8.95. The van der Waals surface area contributed by atoms with Crippen LogP contribution < -0.4 is 15.4 Å². The highest BCUT2D eigenvalue weighted by molar-refractivity contribution is 5.89. The Morgan fingerprint density at radius 3 is 2.24 bits per heavy atom. The van der Waals surface area contributed by atoms with E-state index in [-0.39, 0.29) is 11.9 Å². The summed E-state index contributed by atoms with van der Waals surface area (Å²) in [5, 5.41) is 22.7. The van der Waals surface area contributed by atoms with Gasteiger partial charge in [-0.05, 0) is 48.9 Å². The highest BCUT2D eigenvalue weighted by Gasteiger charge is 2.05. The van der Waals surface area contributed by atoms with Gasteiger partial charge in [-0.1, -0.05) is 12.1 Å². The fourth-order valence-corrected chi connectivity index (χ4v) is 1.98. The summed E-state index contributed by atoms with van der Waals surface area (Å²) in [7, 11) is 0. The van der Waals surface area contributed by atoms with Crippen LogP contribution in [-0.2, 0) is 6.42 Å². The number of urea groups is 1. The van der Waals surface area contributed by atoms with Crippen LogP contribution in [-0.4, -0.2) is 12.6 Å². The highest BCUT2D eigenvalue weighted by atomic mass is 16.5. The highest BCUT2D eigenvalue weighted by Crippen LogP contribution is 2.23. The van der Waals surface area contributed by atoms with Gasteiger partial charge >= 0.3 is 6.03 Å². The smallest absolute Gasteiger partial charge is 0.319 e. The second-order valence-corrected chi connectivity index (χ2v) is 5.47. The summed E-state index contributed by atoms with van der Waals surface area (Å²) < 4.78 is 5.72. The minimum absolute atomic E-state index is 0.235. The first-order valence-electron chi connectivity index (χ1n) is 7.79. The van der Waals surface area contributed by atoms with Gasteiger partial charge in [-0.15, -0.1) is 0 Å². The molecule has 0 bridgehead atoms. The Morgan fingerprint density at radius 1 is 1.08 bits per heavy atom. The number of nitrogens with zero attached hydrogens (tertiary/aromatic N) is 2. The number of anilines is 1. The van der Waals surface area contributed by atoms with E-state index in [0.29, 0.717) is 30.2 Å². The molecule has 25 heavy (non-hydrogen) atoms. The third-order valence-corrected chi connectivity index (χ3v) is 3.34. The molecule has 0 unspecified atom stereocenters. The maximum absolute atomic E-state index is 11.7. The van der Waals surface area contributed by atoms with Crippen molar-refractivity contribution in [1.82, 2.24) is 5.32 Å². The lowest BCUT2D eigenvalue weighted by Gasteiger charge is -2.10. The molecule has 0 aliphatic carbocycles. The Bertz CT molecular complexity index is 786. The Morgan fingerprint density at radius 2 is 1.68 bits per heavy atom. The van der Waals surface area contributed by atoms with E-state index >= 15 is 0 Å². The van der Waals surface area contributed by atoms with Crippen LogP contribution in [0.4, 0.5) is 10.5 Å². The summed E-state index contributed by atoms with van der Waals surface area (Å²) >= 11 is 0. The number of benzene rings is 2. The average molecular weight is 334 g/mol. The van der Waals surface area contributed by atoms with Gasteiger partial charge in [0.25, 0.3) is 0 Å². The zero-order valence-electron chi connectivity index (χ0n) is 13.8. The van der Waals surface area contributed by atoms with Crippen molar-refractivity contribution < 1.29 is 9.53 Å². The van der Waals surface area contributed by atoms with Crippen LogP contribution in [0, 0.1) is 28.6 Å². The molecule has 0 fully saturated rings. The number of rotatable bonds is 6. The molecule has 0 saturated heterocycles. The Balaban J connectivity index is 1.88. The molecule has 0 aliphatic heterocycles. The molecule has 0 aliphatic rings. The molecule has 0 saturated carbocycles. The zero-order chi connectivity index (χ0) is 18.1. The molecule has 2 amide bonds. The minimum atomic E-state index is -0.358. The van der Waals surface area contributed by atoms with Crippen molar-refractivity contribution in [2.75, 3.05) is 11.9 Å². The van der Waals surface area contributed by atoms with Gasteiger partial charge in [0.15, 0.2) is 0 Å². The summed E-state index contributed by atoms with van der Waals surface area (Å²) in [6, 6.07) is 18.1. The SMILES string of the molecule is C[C@@H](C#N)CNC(=O)Nc1ccc(Oc2ccc(CC#N)cc2)cc1. The summed E-state index contributed by atoms with van der Waals surface area (Å²) in [6.45, 7) is 2.03. The number of nitrogens with one attached hydrogen (secondary N) is 2. The fourth-order valence-electron chi connectivity index (χ4n) is 1.98. The molecule has 0 heterocycles. The quantitative estimate of drug-likeness (QED) is 0.839. The molecular formula is C19H18N4O2. The summed E-state index contributed by atoms with van der Waals surface area (Å²) in [4.78, 5) is 11.7. The number of hydrogen-bond donors (Lipinski definition) is 2. The Hall–Kier alpha value is -3.51. The monoisotopic (exact) mass is 334 g/mol. The maximum atomic E-state index is 11.7. The van der Waals surface area contributed by atoms with Crippen LogP contribution in [0.1, 0.15) is 12.5 Å². The van der Waals surface area contributed by atoms with Crippen molar-refractivity contribution in [3.05, 3.63) is 54.1 Å². The van der Waals surface area contributed by atoms with Crippen molar-refractivity contribution in [2.45, 2.75) is 13.3 Å². The summed E-state index contributed by atoms with van der Waals surface area (Å²) in [5.74, 6) is 1.07. The van der Waals surface area contributed by atoms with Crippen molar-refractivity contribution in [3.8, 4) is 23.6 Å². The largest absolute Gasteiger partial charge is 0.457 e. The first kappa shape index (κ1) is 17.8. The van der Waals surface area contributed by atoms with E-state index in [9.17, 15) is 4.79 Å². The molecule has 2 N–H and O–H groups in total. The molecule has 6 nitrogen and oxygen atoms in total. The molecular weight excluding hydrogens is 316 g/mol. The molecule has 2 aromatic rings. The summed E-state index contributed by atoms with van der Waals surface area (Å²) in [6.07, 6.45) is 0.371. The summed E-state index contributed by atoms with van der Waals surface area (Å²) in [5.41, 5.74) is 1.56. The standard InChI is InChI=1S/C19H18N4O2/c1-14(12-21)13-22-19(24)23-16-4-8-18(9-5-16)25-17-6-2-15(3-7-17)10-11-20/h2-9,14H,10,13H2,1H3,(H2,22,23,24)/t14-/m0/s1. The molecule has 126 valence electrons. The van der Waals surface area contributed by atoms with Crippen LogP contribution in [0.2, 0.25) is 0 Å². The number of ether oxygens (including phenoxy) is 1. The Kier molecular flexibility index (Phi) is 6.39. The van der Waals surface area contributed by atoms with E-state index < -0.39 is 0 Å². The van der Waals surface area contributed by atoms with Crippen molar-refractivity contribution in [1.29, 1.82) is 10.5 Å². The predicted molar refractivity (Wildman–Crippen MR) is 94.1 cm³/mol. The van der Waals surface area contributed by atoms with Crippen molar-refractivity contribution in [2.24, 2.45) is 5.92 Å². The van der Waals surface area contributed by atoms with Crippen molar-refractivity contribution >= 4 is 11.7 Å². The van der Waals surface area contributed by atoms with Crippen LogP contribution in [0.25, 0.3) is 0 Å². The number of carbonyl (C=O) groups is 1. The van der Waals surface area contributed by atoms with Gasteiger partial charge in [0, 0.05) is 12.2 Å². The fraction of sp³-hybridized carbons (Fsp3) is 0.211. The van der Waals surface area contributed by atoms with E-state index in [0.717, 1.165) is 5.56 Å². The van der Waals surface area contributed by atoms with Crippen LogP contribution in [0.3, 0.4) is 0 Å². The van der Waals surface area contributed by atoms with E-state index in [1.54, 1.807) is 31.2 Å². The molecule has 0 spiro atoms. The normalized spacial score (nSPS) is 10.8. The van der Waals surface area contributed by atoms with Crippen LogP contribution >= 0.6 is 0 Å². The lowest BCUT2D eigenvalue weighted by atomic mass is 10.2. The topological polar surface area (TPSA) is 97.9 Å². The van der Waals surface area contributed by atoms with Gasteiger partial charge in [-0.25, -0.2) is 4.79 Å². The molecule has 2 rings (SSSR count). The minimum Gasteiger partial charge on any atom is -0.457 e. The van der Waals surface area contributed by atoms with Gasteiger partial charge in [0.05, 0.1) is 24.5 Å². The van der Waals surface area contributed by atoms with Crippen LogP contribution in [0.15, 0.2) is 48.5 Å². The first-order chi connectivity index (χ1) is 12.1.